The van der Waals surface area contributed by atoms with E-state index in [9.17, 15) is 9.18 Å². The number of aromatic nitrogens is 4. The number of halogens is 1. The number of para-hydroxylation sites is 1. The molecular formula is C22H24FN5O3. The maximum atomic E-state index is 13.1. The molecule has 1 heterocycles. The van der Waals surface area contributed by atoms with Crippen LogP contribution in [-0.4, -0.2) is 45.1 Å². The Morgan fingerprint density at radius 2 is 1.84 bits per heavy atom. The highest BCUT2D eigenvalue weighted by Crippen LogP contribution is 2.20. The molecule has 162 valence electrons. The van der Waals surface area contributed by atoms with Crippen molar-refractivity contribution in [2.45, 2.75) is 26.4 Å². The predicted octanol–water partition coefficient (Wildman–Crippen LogP) is 4.09. The summed E-state index contributed by atoms with van der Waals surface area (Å²) in [5, 5.41) is 15.0. The zero-order valence-electron chi connectivity index (χ0n) is 17.6. The molecule has 3 rings (SSSR count). The van der Waals surface area contributed by atoms with E-state index < -0.39 is 11.7 Å². The van der Waals surface area contributed by atoms with Gasteiger partial charge in [0.1, 0.15) is 18.0 Å². The maximum absolute atomic E-state index is 13.1. The lowest BCUT2D eigenvalue weighted by molar-refractivity contribution is 0.0531. The lowest BCUT2D eigenvalue weighted by atomic mass is 10.2. The third-order valence-electron chi connectivity index (χ3n) is 3.95. The van der Waals surface area contributed by atoms with Gasteiger partial charge in [-0.1, -0.05) is 18.2 Å². The first-order valence-electron chi connectivity index (χ1n) is 9.68. The number of hydrogen-bond acceptors (Lipinski definition) is 6. The Balaban J connectivity index is 1.53. The number of nitrogens with one attached hydrogen (secondary N) is 1. The van der Waals surface area contributed by atoms with Crippen molar-refractivity contribution >= 4 is 6.09 Å². The molecule has 0 aliphatic rings. The largest absolute Gasteiger partial charge is 0.489 e. The van der Waals surface area contributed by atoms with Gasteiger partial charge >= 0.3 is 6.09 Å². The molecule has 3 aromatic rings. The van der Waals surface area contributed by atoms with Crippen LogP contribution in [-0.2, 0) is 4.74 Å². The fourth-order valence-corrected chi connectivity index (χ4v) is 2.50. The number of carbonyl (C=O) groups is 1. The average Bonchev–Trinajstić information content (AvgIpc) is 3.24. The van der Waals surface area contributed by atoms with Gasteiger partial charge in [-0.05, 0) is 62.4 Å². The van der Waals surface area contributed by atoms with Crippen molar-refractivity contribution in [3.63, 3.8) is 0 Å². The van der Waals surface area contributed by atoms with E-state index in [1.807, 2.05) is 30.3 Å². The molecule has 0 unspecified atom stereocenters. The Morgan fingerprint density at radius 3 is 2.48 bits per heavy atom. The Labute approximate surface area is 179 Å². The lowest BCUT2D eigenvalue weighted by Crippen LogP contribution is -2.34. The van der Waals surface area contributed by atoms with Gasteiger partial charge < -0.3 is 14.8 Å². The fourth-order valence-electron chi connectivity index (χ4n) is 2.50. The van der Waals surface area contributed by atoms with Gasteiger partial charge in [0.2, 0.25) is 5.82 Å². The van der Waals surface area contributed by atoms with E-state index in [4.69, 9.17) is 9.47 Å². The van der Waals surface area contributed by atoms with Gasteiger partial charge in [-0.25, -0.2) is 9.18 Å². The van der Waals surface area contributed by atoms with Crippen LogP contribution in [0, 0.1) is 0 Å². The smallest absolute Gasteiger partial charge is 0.407 e. The molecule has 0 fully saturated rings. The van der Waals surface area contributed by atoms with Crippen LogP contribution in [0.2, 0.25) is 0 Å². The summed E-state index contributed by atoms with van der Waals surface area (Å²) in [7, 11) is 0. The highest BCUT2D eigenvalue weighted by Gasteiger charge is 2.16. The van der Waals surface area contributed by atoms with Gasteiger partial charge in [0.05, 0.1) is 12.0 Å². The molecule has 0 atom stereocenters. The lowest BCUT2D eigenvalue weighted by Gasteiger charge is -2.20. The molecule has 9 heteroatoms. The van der Waals surface area contributed by atoms with Crippen molar-refractivity contribution in [3.8, 4) is 22.8 Å². The van der Waals surface area contributed by atoms with Crippen LogP contribution in [0.25, 0.3) is 17.1 Å². The summed E-state index contributed by atoms with van der Waals surface area (Å²) in [6.45, 7) is 5.22. The Kier molecular flexibility index (Phi) is 6.96. The Hall–Kier alpha value is -3.75. The van der Waals surface area contributed by atoms with Crippen LogP contribution >= 0.6 is 0 Å². The number of carbonyl (C=O) groups excluding carboxylic acids is 1. The molecular weight excluding hydrogens is 401 g/mol. The van der Waals surface area contributed by atoms with Crippen molar-refractivity contribution in [1.29, 1.82) is 0 Å². The Morgan fingerprint density at radius 1 is 1.13 bits per heavy atom. The molecule has 0 spiro atoms. The van der Waals surface area contributed by atoms with Gasteiger partial charge in [0, 0.05) is 17.7 Å². The molecule has 0 aliphatic heterocycles. The van der Waals surface area contributed by atoms with E-state index in [0.717, 1.165) is 11.3 Å². The maximum Gasteiger partial charge on any atom is 0.407 e. The van der Waals surface area contributed by atoms with Crippen molar-refractivity contribution < 1.29 is 18.7 Å². The van der Waals surface area contributed by atoms with Crippen LogP contribution in [0.4, 0.5) is 9.18 Å². The highest BCUT2D eigenvalue weighted by atomic mass is 19.1. The van der Waals surface area contributed by atoms with Crippen LogP contribution in [0.5, 0.6) is 5.75 Å². The second-order valence-corrected chi connectivity index (χ2v) is 7.67. The number of ether oxygens (including phenoxy) is 2. The van der Waals surface area contributed by atoms with E-state index >= 15 is 0 Å². The SMILES string of the molecule is CC(C)(C)OC(=O)NC/C(=C/F)COc1ccc(-c2nnn(-c3ccccc3)n2)cc1. The van der Waals surface area contributed by atoms with Crippen LogP contribution < -0.4 is 10.1 Å². The summed E-state index contributed by atoms with van der Waals surface area (Å²) in [6.07, 6.45) is -0.204. The number of nitrogens with zero attached hydrogens (tertiary/aromatic N) is 4. The van der Waals surface area contributed by atoms with Gasteiger partial charge in [-0.3, -0.25) is 0 Å². The molecule has 0 saturated carbocycles. The molecule has 1 amide bonds. The van der Waals surface area contributed by atoms with Crippen molar-refractivity contribution in [1.82, 2.24) is 25.5 Å². The standard InChI is InChI=1S/C22H24FN5O3/c1-22(2,3)31-21(29)24-14-16(13-23)15-30-19-11-9-17(10-12-19)20-25-27-28(26-20)18-7-5-4-6-8-18/h4-13H,14-15H2,1-3H3,(H,24,29)/b16-13-. The molecule has 1 N–H and O–H groups in total. The fraction of sp³-hybridized carbons (Fsp3) is 0.273. The first-order chi connectivity index (χ1) is 14.8. The molecule has 0 radical (unpaired) electrons. The predicted molar refractivity (Wildman–Crippen MR) is 114 cm³/mol. The van der Waals surface area contributed by atoms with E-state index in [0.29, 0.717) is 17.9 Å². The number of hydrogen-bond donors (Lipinski definition) is 1. The van der Waals surface area contributed by atoms with Crippen LogP contribution in [0.3, 0.4) is 0 Å². The molecule has 1 aromatic heterocycles. The quantitative estimate of drug-likeness (QED) is 0.613. The second kappa shape index (κ2) is 9.84. The van der Waals surface area contributed by atoms with Crippen molar-refractivity contribution in [3.05, 3.63) is 66.5 Å². The second-order valence-electron chi connectivity index (χ2n) is 7.67. The molecule has 0 bridgehead atoms. The number of rotatable bonds is 7. The summed E-state index contributed by atoms with van der Waals surface area (Å²) in [4.78, 5) is 13.1. The molecule has 2 aromatic carbocycles. The zero-order valence-corrected chi connectivity index (χ0v) is 17.6. The first-order valence-corrected chi connectivity index (χ1v) is 9.68. The number of alkyl carbamates (subject to hydrolysis) is 1. The number of tetrazole rings is 1. The van der Waals surface area contributed by atoms with Crippen molar-refractivity contribution in [2.24, 2.45) is 0 Å². The summed E-state index contributed by atoms with van der Waals surface area (Å²) >= 11 is 0. The minimum Gasteiger partial charge on any atom is -0.489 e. The highest BCUT2D eigenvalue weighted by molar-refractivity contribution is 5.68. The average molecular weight is 425 g/mol. The van der Waals surface area contributed by atoms with E-state index in [-0.39, 0.29) is 18.7 Å². The molecule has 0 saturated heterocycles. The van der Waals surface area contributed by atoms with Gasteiger partial charge in [0.15, 0.2) is 0 Å². The van der Waals surface area contributed by atoms with Gasteiger partial charge in [0.25, 0.3) is 0 Å². The monoisotopic (exact) mass is 425 g/mol. The minimum absolute atomic E-state index is 0.0178. The summed E-state index contributed by atoms with van der Waals surface area (Å²) in [6, 6.07) is 16.5. The zero-order chi connectivity index (χ0) is 22.3. The number of benzene rings is 2. The molecule has 0 aliphatic carbocycles. The first kappa shape index (κ1) is 21.9. The van der Waals surface area contributed by atoms with E-state index in [1.165, 1.54) is 4.80 Å². The summed E-state index contributed by atoms with van der Waals surface area (Å²) in [5.41, 5.74) is 1.22. The van der Waals surface area contributed by atoms with Gasteiger partial charge in [-0.2, -0.15) is 0 Å². The van der Waals surface area contributed by atoms with Gasteiger partial charge in [-0.15, -0.1) is 15.0 Å². The summed E-state index contributed by atoms with van der Waals surface area (Å²) in [5.74, 6) is 1.01. The van der Waals surface area contributed by atoms with Crippen molar-refractivity contribution in [2.75, 3.05) is 13.2 Å². The van der Waals surface area contributed by atoms with Crippen LogP contribution in [0.1, 0.15) is 20.8 Å². The minimum atomic E-state index is -0.622. The van der Waals surface area contributed by atoms with Crippen LogP contribution in [0.15, 0.2) is 66.5 Å². The normalized spacial score (nSPS) is 11.8. The molecule has 8 nitrogen and oxygen atoms in total. The van der Waals surface area contributed by atoms with E-state index in [1.54, 1.807) is 45.0 Å². The third-order valence-corrected chi connectivity index (χ3v) is 3.95. The topological polar surface area (TPSA) is 91.2 Å². The third kappa shape index (κ3) is 6.63. The number of amides is 1. The molecule has 31 heavy (non-hydrogen) atoms. The Bertz CT molecular complexity index is 1030. The van der Waals surface area contributed by atoms with E-state index in [2.05, 4.69) is 20.7 Å². The summed E-state index contributed by atoms with van der Waals surface area (Å²) < 4.78 is 23.8.